The van der Waals surface area contributed by atoms with Gasteiger partial charge >= 0.3 is 17.9 Å². The van der Waals surface area contributed by atoms with Gasteiger partial charge < -0.3 is 15.0 Å². The summed E-state index contributed by atoms with van der Waals surface area (Å²) in [6.07, 6.45) is 4.32. The molecule has 0 aliphatic carbocycles. The van der Waals surface area contributed by atoms with Gasteiger partial charge in [0.1, 0.15) is 11.4 Å². The average Bonchev–Trinajstić information content (AvgIpc) is 3.36. The molecule has 3 aromatic heterocycles. The van der Waals surface area contributed by atoms with Crippen LogP contribution in [0, 0.1) is 12.8 Å². The average molecular weight is 499 g/mol. The highest BCUT2D eigenvalue weighted by molar-refractivity contribution is 7.19. The Hall–Kier alpha value is -3.47. The molecule has 1 aliphatic heterocycles. The molecule has 3 N–H and O–H groups in total. The number of hydrogen-bond donors (Lipinski definition) is 3. The van der Waals surface area contributed by atoms with E-state index in [0.29, 0.717) is 29.5 Å². The minimum absolute atomic E-state index is 0.157. The van der Waals surface area contributed by atoms with Gasteiger partial charge in [-0.2, -0.15) is 5.10 Å². The number of hydrogen-bond acceptors (Lipinski definition) is 7. The zero-order chi connectivity index (χ0) is 25.3. The van der Waals surface area contributed by atoms with Crippen LogP contribution in [0.25, 0.3) is 10.2 Å². The second-order valence-electron chi connectivity index (χ2n) is 9.92. The highest BCUT2D eigenvalue weighted by Gasteiger charge is 2.35. The molecule has 0 radical (unpaired) electrons. The predicted molar refractivity (Wildman–Crippen MR) is 134 cm³/mol. The number of pyridine rings is 1. The number of carbonyl (C=O) groups excluding carboxylic acids is 3. The van der Waals surface area contributed by atoms with Crippen LogP contribution in [0.4, 0.5) is 16.3 Å². The Kier molecular flexibility index (Phi) is 6.79. The number of nitrogens with one attached hydrogen (secondary N) is 3. The Balaban J connectivity index is 1.45. The van der Waals surface area contributed by atoms with Crippen molar-refractivity contribution in [2.75, 3.05) is 17.2 Å². The number of anilines is 2. The Morgan fingerprint density at radius 2 is 1.94 bits per heavy atom. The van der Waals surface area contributed by atoms with Crippen LogP contribution in [0.2, 0.25) is 0 Å². The van der Waals surface area contributed by atoms with Gasteiger partial charge in [-0.25, -0.2) is 9.78 Å². The summed E-state index contributed by atoms with van der Waals surface area (Å²) in [6, 6.07) is 3.50. The fourth-order valence-electron chi connectivity index (χ4n) is 4.09. The summed E-state index contributed by atoms with van der Waals surface area (Å²) in [5.41, 5.74) is 1.28. The highest BCUT2D eigenvalue weighted by Crippen LogP contribution is 2.38. The molecule has 2 atom stereocenters. The van der Waals surface area contributed by atoms with Crippen molar-refractivity contribution in [2.45, 2.75) is 59.1 Å². The van der Waals surface area contributed by atoms with Crippen LogP contribution < -0.4 is 10.6 Å². The first kappa shape index (κ1) is 24.6. The van der Waals surface area contributed by atoms with Crippen LogP contribution in [0.3, 0.4) is 0 Å². The number of aromatic amines is 1. The summed E-state index contributed by atoms with van der Waals surface area (Å²) in [5.74, 6) is -0.680. The number of aromatic nitrogens is 3. The monoisotopic (exact) mass is 498 g/mol. The maximum atomic E-state index is 13.2. The molecule has 3 aromatic rings. The van der Waals surface area contributed by atoms with Gasteiger partial charge in [0, 0.05) is 11.4 Å². The van der Waals surface area contributed by atoms with E-state index >= 15 is 0 Å². The van der Waals surface area contributed by atoms with Crippen LogP contribution >= 0.6 is 11.3 Å². The molecule has 35 heavy (non-hydrogen) atoms. The van der Waals surface area contributed by atoms with Crippen LogP contribution in [0.1, 0.15) is 57.0 Å². The Morgan fingerprint density at radius 1 is 1.17 bits per heavy atom. The highest BCUT2D eigenvalue weighted by atomic mass is 32.1. The first-order chi connectivity index (χ1) is 16.5. The molecule has 10 nitrogen and oxygen atoms in total. The molecule has 0 aromatic carbocycles. The van der Waals surface area contributed by atoms with Gasteiger partial charge in [-0.1, -0.05) is 6.92 Å². The molecule has 1 fully saturated rings. The van der Waals surface area contributed by atoms with E-state index in [2.05, 4.69) is 32.7 Å². The van der Waals surface area contributed by atoms with E-state index in [-0.39, 0.29) is 6.04 Å². The minimum Gasteiger partial charge on any atom is -0.444 e. The number of amides is 3. The third kappa shape index (κ3) is 5.79. The van der Waals surface area contributed by atoms with E-state index in [1.165, 1.54) is 6.20 Å². The molecule has 1 aliphatic rings. The quantitative estimate of drug-likeness (QED) is 0.452. The fourth-order valence-corrected chi connectivity index (χ4v) is 5.23. The SMILES string of the molecule is Cc1cc(NC(=O)C(=O)N2C[C@@H](C)CC[C@@H]2c2cc3[nH]ncc3s2)cnc1NC(=O)OC(C)(C)C. The standard InChI is InChI=1S/C24H30N6O4S/c1-13-6-7-17(18-9-16-19(35-18)11-26-29-16)30(12-13)22(32)21(31)27-15-8-14(2)20(25-10-15)28-23(33)34-24(3,4)5/h8-11,13,17H,6-7,12H2,1-5H3,(H,26,29)(H,27,31)(H,25,28,33)/t13-,17+/m0/s1. The maximum absolute atomic E-state index is 13.2. The van der Waals surface area contributed by atoms with Gasteiger partial charge in [0.05, 0.1) is 34.3 Å². The van der Waals surface area contributed by atoms with Crippen molar-refractivity contribution in [3.8, 4) is 0 Å². The summed E-state index contributed by atoms with van der Waals surface area (Å²) in [7, 11) is 0. The number of fused-ring (bicyclic) bond motifs is 1. The number of thiophene rings is 1. The van der Waals surface area contributed by atoms with Crippen molar-refractivity contribution in [3.63, 3.8) is 0 Å². The largest absolute Gasteiger partial charge is 0.444 e. The zero-order valence-corrected chi connectivity index (χ0v) is 21.3. The van der Waals surface area contributed by atoms with E-state index in [9.17, 15) is 14.4 Å². The van der Waals surface area contributed by atoms with Crippen molar-refractivity contribution in [1.29, 1.82) is 0 Å². The lowest BCUT2D eigenvalue weighted by Gasteiger charge is -2.37. The van der Waals surface area contributed by atoms with Crippen LogP contribution in [-0.4, -0.2) is 50.1 Å². The first-order valence-electron chi connectivity index (χ1n) is 11.5. The molecule has 11 heteroatoms. The second kappa shape index (κ2) is 9.65. The van der Waals surface area contributed by atoms with Crippen LogP contribution in [-0.2, 0) is 14.3 Å². The van der Waals surface area contributed by atoms with Crippen molar-refractivity contribution in [1.82, 2.24) is 20.1 Å². The van der Waals surface area contributed by atoms with Gasteiger partial charge in [0.25, 0.3) is 0 Å². The van der Waals surface area contributed by atoms with Crippen LogP contribution in [0.5, 0.6) is 0 Å². The molecule has 4 rings (SSSR count). The number of likely N-dealkylation sites (tertiary alicyclic amines) is 1. The predicted octanol–water partition coefficient (Wildman–Crippen LogP) is 4.61. The molecule has 0 spiro atoms. The molecular weight excluding hydrogens is 468 g/mol. The van der Waals surface area contributed by atoms with E-state index in [1.807, 2.05) is 6.07 Å². The second-order valence-corrected chi connectivity index (χ2v) is 11.0. The number of piperidine rings is 1. The molecule has 1 saturated heterocycles. The fraction of sp³-hybridized carbons (Fsp3) is 0.458. The Bertz CT molecular complexity index is 1230. The third-order valence-electron chi connectivity index (χ3n) is 5.70. The molecule has 0 unspecified atom stereocenters. The summed E-state index contributed by atoms with van der Waals surface area (Å²) in [5, 5.41) is 12.2. The van der Waals surface area contributed by atoms with Crippen molar-refractivity contribution < 1.29 is 19.1 Å². The number of nitrogens with zero attached hydrogens (tertiary/aromatic N) is 3. The summed E-state index contributed by atoms with van der Waals surface area (Å²) in [6.45, 7) is 9.65. The van der Waals surface area contributed by atoms with Crippen molar-refractivity contribution in [2.24, 2.45) is 5.92 Å². The molecule has 4 heterocycles. The minimum atomic E-state index is -0.720. The first-order valence-corrected chi connectivity index (χ1v) is 12.3. The van der Waals surface area contributed by atoms with Gasteiger partial charge in [0.15, 0.2) is 0 Å². The lowest BCUT2D eigenvalue weighted by Crippen LogP contribution is -2.46. The topological polar surface area (TPSA) is 129 Å². The number of aryl methyl sites for hydroxylation is 1. The summed E-state index contributed by atoms with van der Waals surface area (Å²) < 4.78 is 6.27. The Labute approximate surface area is 207 Å². The molecule has 0 bridgehead atoms. The summed E-state index contributed by atoms with van der Waals surface area (Å²) >= 11 is 1.59. The molecule has 3 amide bonds. The number of carbonyl (C=O) groups is 3. The van der Waals surface area contributed by atoms with E-state index in [0.717, 1.165) is 27.9 Å². The zero-order valence-electron chi connectivity index (χ0n) is 20.5. The smallest absolute Gasteiger partial charge is 0.413 e. The molecular formula is C24H30N6O4S. The summed E-state index contributed by atoms with van der Waals surface area (Å²) in [4.78, 5) is 45.1. The van der Waals surface area contributed by atoms with E-state index in [4.69, 9.17) is 4.74 Å². The van der Waals surface area contributed by atoms with Gasteiger partial charge in [-0.3, -0.25) is 20.0 Å². The number of ether oxygens (including phenoxy) is 1. The van der Waals surface area contributed by atoms with Crippen molar-refractivity contribution in [3.05, 3.63) is 35.0 Å². The number of H-pyrrole nitrogens is 1. The van der Waals surface area contributed by atoms with Gasteiger partial charge in [-0.05, 0) is 64.2 Å². The maximum Gasteiger partial charge on any atom is 0.413 e. The van der Waals surface area contributed by atoms with E-state index in [1.54, 1.807) is 56.2 Å². The number of rotatable bonds is 3. The van der Waals surface area contributed by atoms with Crippen LogP contribution in [0.15, 0.2) is 24.5 Å². The third-order valence-corrected chi connectivity index (χ3v) is 6.87. The molecule has 186 valence electrons. The molecule has 0 saturated carbocycles. The van der Waals surface area contributed by atoms with Gasteiger partial charge in [0.2, 0.25) is 0 Å². The Morgan fingerprint density at radius 3 is 2.63 bits per heavy atom. The van der Waals surface area contributed by atoms with Crippen molar-refractivity contribution >= 4 is 51.0 Å². The lowest BCUT2D eigenvalue weighted by atomic mass is 9.93. The normalized spacial score (nSPS) is 18.4. The van der Waals surface area contributed by atoms with E-state index < -0.39 is 23.5 Å². The lowest BCUT2D eigenvalue weighted by molar-refractivity contribution is -0.146. The van der Waals surface area contributed by atoms with Gasteiger partial charge in [-0.15, -0.1) is 11.3 Å².